The van der Waals surface area contributed by atoms with E-state index in [4.69, 9.17) is 0 Å². The van der Waals surface area contributed by atoms with Crippen LogP contribution in [-0.4, -0.2) is 23.6 Å². The second kappa shape index (κ2) is 7.21. The van der Waals surface area contributed by atoms with Crippen molar-refractivity contribution in [2.45, 2.75) is 26.5 Å². The predicted molar refractivity (Wildman–Crippen MR) is 91.4 cm³/mol. The van der Waals surface area contributed by atoms with Crippen LogP contribution in [0.25, 0.3) is 0 Å². The topological polar surface area (TPSA) is 23.5 Å². The lowest BCUT2D eigenvalue weighted by atomic mass is 10.0. The molecule has 0 aliphatic rings. The summed E-state index contributed by atoms with van der Waals surface area (Å²) in [6.07, 6.45) is -0.474. The van der Waals surface area contributed by atoms with Crippen molar-refractivity contribution < 1.29 is 5.11 Å². The summed E-state index contributed by atoms with van der Waals surface area (Å²) < 4.78 is 0.996. The fourth-order valence-electron chi connectivity index (χ4n) is 2.49. The van der Waals surface area contributed by atoms with E-state index in [1.807, 2.05) is 31.3 Å². The second-order valence-corrected chi connectivity index (χ2v) is 6.61. The van der Waals surface area contributed by atoms with Crippen LogP contribution in [0.5, 0.6) is 0 Å². The van der Waals surface area contributed by atoms with Gasteiger partial charge in [-0.1, -0.05) is 51.8 Å². The van der Waals surface area contributed by atoms with Gasteiger partial charge < -0.3 is 5.11 Å². The highest BCUT2D eigenvalue weighted by atomic mass is 79.9. The van der Waals surface area contributed by atoms with Crippen molar-refractivity contribution in [1.82, 2.24) is 4.90 Å². The van der Waals surface area contributed by atoms with Crippen molar-refractivity contribution >= 4 is 15.9 Å². The maximum absolute atomic E-state index is 10.3. The predicted octanol–water partition coefficient (Wildman–Crippen LogP) is 4.23. The number of likely N-dealkylation sites (N-methyl/N-ethyl adjacent to an activating group) is 1. The van der Waals surface area contributed by atoms with Crippen LogP contribution in [0.15, 0.2) is 46.9 Å². The van der Waals surface area contributed by atoms with Crippen molar-refractivity contribution in [3.63, 3.8) is 0 Å². The maximum atomic E-state index is 10.3. The highest BCUT2D eigenvalue weighted by molar-refractivity contribution is 9.10. The number of aliphatic hydroxyl groups is 1. The highest BCUT2D eigenvalue weighted by Gasteiger charge is 2.12. The standard InChI is InChI=1S/C18H22BrNO/c1-13-7-8-16(14(2)9-13)11-20(3)12-18(21)15-5-4-6-17(19)10-15/h4-10,18,21H,11-12H2,1-3H3. The monoisotopic (exact) mass is 347 g/mol. The summed E-state index contributed by atoms with van der Waals surface area (Å²) in [6, 6.07) is 14.4. The van der Waals surface area contributed by atoms with Gasteiger partial charge in [0.2, 0.25) is 0 Å². The van der Waals surface area contributed by atoms with Crippen LogP contribution in [0.2, 0.25) is 0 Å². The molecule has 0 spiro atoms. The molecule has 1 atom stereocenters. The first kappa shape index (κ1) is 16.2. The second-order valence-electron chi connectivity index (χ2n) is 5.70. The van der Waals surface area contributed by atoms with Gasteiger partial charge in [-0.15, -0.1) is 0 Å². The zero-order valence-electron chi connectivity index (χ0n) is 12.8. The van der Waals surface area contributed by atoms with Gasteiger partial charge in [-0.05, 0) is 49.7 Å². The van der Waals surface area contributed by atoms with Crippen LogP contribution in [0.3, 0.4) is 0 Å². The molecule has 0 heterocycles. The maximum Gasteiger partial charge on any atom is 0.0917 e. The molecule has 2 aromatic rings. The molecule has 2 nitrogen and oxygen atoms in total. The zero-order chi connectivity index (χ0) is 15.4. The summed E-state index contributed by atoms with van der Waals surface area (Å²) in [5.74, 6) is 0. The fourth-order valence-corrected chi connectivity index (χ4v) is 2.91. The third-order valence-electron chi connectivity index (χ3n) is 3.66. The SMILES string of the molecule is Cc1ccc(CN(C)CC(O)c2cccc(Br)c2)c(C)c1. The van der Waals surface area contributed by atoms with E-state index in [-0.39, 0.29) is 0 Å². The first-order chi connectivity index (χ1) is 9.95. The van der Waals surface area contributed by atoms with Crippen LogP contribution in [0, 0.1) is 13.8 Å². The number of hydrogen-bond donors (Lipinski definition) is 1. The number of aliphatic hydroxyl groups excluding tert-OH is 1. The number of rotatable bonds is 5. The van der Waals surface area contributed by atoms with Crippen LogP contribution in [0.4, 0.5) is 0 Å². The molecule has 3 heteroatoms. The molecule has 0 saturated carbocycles. The van der Waals surface area contributed by atoms with Crippen molar-refractivity contribution in [2.24, 2.45) is 0 Å². The van der Waals surface area contributed by atoms with Gasteiger partial charge >= 0.3 is 0 Å². The molecule has 21 heavy (non-hydrogen) atoms. The molecule has 0 aromatic heterocycles. The molecule has 1 unspecified atom stereocenters. The number of benzene rings is 2. The number of halogens is 1. The fraction of sp³-hybridized carbons (Fsp3) is 0.333. The van der Waals surface area contributed by atoms with Crippen LogP contribution in [0.1, 0.15) is 28.4 Å². The number of aryl methyl sites for hydroxylation is 2. The Bertz CT molecular complexity index is 612. The lowest BCUT2D eigenvalue weighted by molar-refractivity contribution is 0.123. The Kier molecular flexibility index (Phi) is 5.57. The van der Waals surface area contributed by atoms with Gasteiger partial charge in [0.15, 0.2) is 0 Å². The average Bonchev–Trinajstić information content (AvgIpc) is 2.42. The Morgan fingerprint density at radius 3 is 2.57 bits per heavy atom. The summed E-state index contributed by atoms with van der Waals surface area (Å²) >= 11 is 3.44. The Balaban J connectivity index is 1.99. The summed E-state index contributed by atoms with van der Waals surface area (Å²) in [5, 5.41) is 10.3. The van der Waals surface area contributed by atoms with Gasteiger partial charge in [0.05, 0.1) is 6.10 Å². The molecule has 0 amide bonds. The smallest absolute Gasteiger partial charge is 0.0917 e. The van der Waals surface area contributed by atoms with Crippen molar-refractivity contribution in [2.75, 3.05) is 13.6 Å². The van der Waals surface area contributed by atoms with Crippen molar-refractivity contribution in [3.05, 3.63) is 69.2 Å². The Hall–Kier alpha value is -1.16. The van der Waals surface area contributed by atoms with E-state index in [1.54, 1.807) is 0 Å². The zero-order valence-corrected chi connectivity index (χ0v) is 14.4. The summed E-state index contributed by atoms with van der Waals surface area (Å²) in [4.78, 5) is 2.16. The molecule has 2 aromatic carbocycles. The quantitative estimate of drug-likeness (QED) is 0.874. The summed E-state index contributed by atoms with van der Waals surface area (Å²) in [6.45, 7) is 5.71. The van der Waals surface area contributed by atoms with E-state index in [9.17, 15) is 5.11 Å². The van der Waals surface area contributed by atoms with Gasteiger partial charge in [-0.25, -0.2) is 0 Å². The lowest BCUT2D eigenvalue weighted by Crippen LogP contribution is -2.24. The molecule has 0 aliphatic heterocycles. The number of nitrogens with zero attached hydrogens (tertiary/aromatic N) is 1. The van der Waals surface area contributed by atoms with Crippen molar-refractivity contribution in [3.8, 4) is 0 Å². The van der Waals surface area contributed by atoms with Crippen LogP contribution >= 0.6 is 15.9 Å². The Morgan fingerprint density at radius 2 is 1.90 bits per heavy atom. The Labute approximate surface area is 135 Å². The van der Waals surface area contributed by atoms with Gasteiger partial charge in [0.1, 0.15) is 0 Å². The first-order valence-electron chi connectivity index (χ1n) is 7.14. The van der Waals surface area contributed by atoms with Crippen molar-refractivity contribution in [1.29, 1.82) is 0 Å². The molecule has 0 fully saturated rings. The van der Waals surface area contributed by atoms with Gasteiger partial charge in [-0.3, -0.25) is 4.90 Å². The van der Waals surface area contributed by atoms with E-state index in [2.05, 4.69) is 52.9 Å². The van der Waals surface area contributed by atoms with Crippen LogP contribution < -0.4 is 0 Å². The van der Waals surface area contributed by atoms with E-state index in [0.29, 0.717) is 6.54 Å². The summed E-state index contributed by atoms with van der Waals surface area (Å²) in [5.41, 5.74) is 4.84. The van der Waals surface area contributed by atoms with Gasteiger partial charge in [0.25, 0.3) is 0 Å². The van der Waals surface area contributed by atoms with E-state index in [0.717, 1.165) is 16.6 Å². The largest absolute Gasteiger partial charge is 0.387 e. The van der Waals surface area contributed by atoms with Gasteiger partial charge in [0, 0.05) is 17.6 Å². The van der Waals surface area contributed by atoms with E-state index < -0.39 is 6.10 Å². The molecule has 112 valence electrons. The molecule has 0 radical (unpaired) electrons. The lowest BCUT2D eigenvalue weighted by Gasteiger charge is -2.22. The minimum atomic E-state index is -0.474. The molecule has 0 bridgehead atoms. The number of hydrogen-bond acceptors (Lipinski definition) is 2. The van der Waals surface area contributed by atoms with Crippen LogP contribution in [-0.2, 0) is 6.54 Å². The molecule has 0 saturated heterocycles. The van der Waals surface area contributed by atoms with E-state index in [1.165, 1.54) is 16.7 Å². The molecule has 1 N–H and O–H groups in total. The molecule has 0 aliphatic carbocycles. The molecule has 2 rings (SSSR count). The molecular formula is C18H22BrNO. The van der Waals surface area contributed by atoms with E-state index >= 15 is 0 Å². The minimum Gasteiger partial charge on any atom is -0.387 e. The molecular weight excluding hydrogens is 326 g/mol. The minimum absolute atomic E-state index is 0.474. The third kappa shape index (κ3) is 4.67. The first-order valence-corrected chi connectivity index (χ1v) is 7.93. The van der Waals surface area contributed by atoms with Gasteiger partial charge in [-0.2, -0.15) is 0 Å². The average molecular weight is 348 g/mol. The highest BCUT2D eigenvalue weighted by Crippen LogP contribution is 2.20. The summed E-state index contributed by atoms with van der Waals surface area (Å²) in [7, 11) is 2.04. The third-order valence-corrected chi connectivity index (χ3v) is 4.15. The normalized spacial score (nSPS) is 12.7. The Morgan fingerprint density at radius 1 is 1.14 bits per heavy atom.